The van der Waals surface area contributed by atoms with Crippen molar-refractivity contribution < 1.29 is 17.9 Å². The van der Waals surface area contributed by atoms with E-state index in [-0.39, 0.29) is 16.7 Å². The summed E-state index contributed by atoms with van der Waals surface area (Å²) < 4.78 is 35.6. The third-order valence-electron chi connectivity index (χ3n) is 3.06. The number of rotatable bonds is 4. The number of nitrogens with two attached hydrogens (primary N) is 1. The number of hydrogen-bond acceptors (Lipinski definition) is 4. The van der Waals surface area contributed by atoms with Crippen LogP contribution in [0, 0.1) is 11.7 Å². The van der Waals surface area contributed by atoms with Crippen molar-refractivity contribution in [1.82, 2.24) is 0 Å². The van der Waals surface area contributed by atoms with E-state index in [2.05, 4.69) is 5.32 Å². The molecule has 4 N–H and O–H groups in total. The van der Waals surface area contributed by atoms with Gasteiger partial charge in [0.15, 0.2) is 0 Å². The molecule has 1 aromatic carbocycles. The summed E-state index contributed by atoms with van der Waals surface area (Å²) in [5, 5.41) is 16.9. The number of aliphatic hydroxyl groups is 1. The molecule has 7 heteroatoms. The number of benzene rings is 1. The van der Waals surface area contributed by atoms with Gasteiger partial charge < -0.3 is 10.4 Å². The van der Waals surface area contributed by atoms with Gasteiger partial charge in [-0.3, -0.25) is 0 Å². The van der Waals surface area contributed by atoms with Gasteiger partial charge in [-0.25, -0.2) is 17.9 Å². The molecule has 0 amide bonds. The summed E-state index contributed by atoms with van der Waals surface area (Å²) in [7, 11) is -3.87. The van der Waals surface area contributed by atoms with E-state index in [9.17, 15) is 12.8 Å². The van der Waals surface area contributed by atoms with E-state index >= 15 is 0 Å². The molecule has 0 unspecified atom stereocenters. The van der Waals surface area contributed by atoms with Gasteiger partial charge >= 0.3 is 0 Å². The number of aliphatic hydroxyl groups excluding tert-OH is 1. The highest BCUT2D eigenvalue weighted by atomic mass is 32.2. The van der Waals surface area contributed by atoms with Crippen molar-refractivity contribution in [2.45, 2.75) is 23.8 Å². The predicted molar refractivity (Wildman–Crippen MR) is 65.0 cm³/mol. The minimum Gasteiger partial charge on any atom is -0.393 e. The summed E-state index contributed by atoms with van der Waals surface area (Å²) in [4.78, 5) is -0.246. The highest BCUT2D eigenvalue weighted by Crippen LogP contribution is 2.28. The van der Waals surface area contributed by atoms with Crippen LogP contribution in [0.5, 0.6) is 0 Å². The van der Waals surface area contributed by atoms with Crippen molar-refractivity contribution in [3.63, 3.8) is 0 Å². The van der Waals surface area contributed by atoms with Crippen LogP contribution in [0.4, 0.5) is 10.1 Å². The molecule has 0 bridgehead atoms. The summed E-state index contributed by atoms with van der Waals surface area (Å²) in [5.74, 6) is -0.321. The lowest BCUT2D eigenvalue weighted by atomic mass is 9.82. The van der Waals surface area contributed by atoms with Crippen molar-refractivity contribution in [3.05, 3.63) is 24.0 Å². The molecule has 0 radical (unpaired) electrons. The Kier molecular flexibility index (Phi) is 3.56. The topological polar surface area (TPSA) is 92.4 Å². The van der Waals surface area contributed by atoms with Gasteiger partial charge in [-0.15, -0.1) is 0 Å². The van der Waals surface area contributed by atoms with Crippen LogP contribution in [-0.2, 0) is 10.0 Å². The van der Waals surface area contributed by atoms with E-state index in [4.69, 9.17) is 10.2 Å². The average molecular weight is 274 g/mol. The van der Waals surface area contributed by atoms with Gasteiger partial charge in [-0.05, 0) is 37.0 Å². The van der Waals surface area contributed by atoms with Crippen LogP contribution >= 0.6 is 0 Å². The van der Waals surface area contributed by atoms with E-state index in [1.165, 1.54) is 12.1 Å². The summed E-state index contributed by atoms with van der Waals surface area (Å²) in [6.07, 6.45) is 1.18. The van der Waals surface area contributed by atoms with Crippen LogP contribution in [0.3, 0.4) is 0 Å². The molecule has 0 spiro atoms. The largest absolute Gasteiger partial charge is 0.393 e. The van der Waals surface area contributed by atoms with Crippen molar-refractivity contribution in [2.24, 2.45) is 11.1 Å². The van der Waals surface area contributed by atoms with E-state index in [0.717, 1.165) is 6.07 Å². The van der Waals surface area contributed by atoms with Crippen molar-refractivity contribution in [2.75, 3.05) is 11.9 Å². The Labute approximate surface area is 105 Å². The van der Waals surface area contributed by atoms with E-state index in [0.29, 0.717) is 25.3 Å². The fourth-order valence-electron chi connectivity index (χ4n) is 1.94. The Balaban J connectivity index is 2.01. The zero-order valence-corrected chi connectivity index (χ0v) is 10.5. The first-order valence-electron chi connectivity index (χ1n) is 5.60. The summed E-state index contributed by atoms with van der Waals surface area (Å²) in [6, 6.07) is 3.51. The number of sulfonamides is 1. The molecule has 1 fully saturated rings. The molecule has 100 valence electrons. The molecule has 1 aromatic rings. The second kappa shape index (κ2) is 4.83. The number of nitrogens with one attached hydrogen (secondary N) is 1. The van der Waals surface area contributed by atoms with Gasteiger partial charge in [0, 0.05) is 6.54 Å². The second-order valence-corrected chi connectivity index (χ2v) is 6.12. The minimum atomic E-state index is -3.87. The molecule has 0 aliphatic heterocycles. The molecule has 2 rings (SSSR count). The Morgan fingerprint density at radius 1 is 1.44 bits per heavy atom. The predicted octanol–water partition coefficient (Wildman–Crippen LogP) is 0.656. The zero-order chi connectivity index (χ0) is 13.3. The van der Waals surface area contributed by atoms with Gasteiger partial charge in [0.2, 0.25) is 10.0 Å². The third kappa shape index (κ3) is 2.98. The molecule has 0 atom stereocenters. The fourth-order valence-corrected chi connectivity index (χ4v) is 2.46. The highest BCUT2D eigenvalue weighted by Gasteiger charge is 2.26. The smallest absolute Gasteiger partial charge is 0.238 e. The van der Waals surface area contributed by atoms with Crippen LogP contribution in [0.2, 0.25) is 0 Å². The maximum absolute atomic E-state index is 13.6. The van der Waals surface area contributed by atoms with Crippen LogP contribution in [0.15, 0.2) is 23.1 Å². The van der Waals surface area contributed by atoms with Gasteiger partial charge in [-0.2, -0.15) is 0 Å². The Hall–Kier alpha value is -1.18. The van der Waals surface area contributed by atoms with Gasteiger partial charge in [0.05, 0.1) is 16.7 Å². The molecule has 0 heterocycles. The van der Waals surface area contributed by atoms with Crippen molar-refractivity contribution in [3.8, 4) is 0 Å². The Morgan fingerprint density at radius 3 is 2.61 bits per heavy atom. The molecular formula is C11H15FN2O3S. The summed E-state index contributed by atoms with van der Waals surface area (Å²) in [5.41, 5.74) is 0.240. The Bertz CT molecular complexity index is 541. The van der Waals surface area contributed by atoms with E-state index in [1.807, 2.05) is 0 Å². The molecule has 1 aliphatic carbocycles. The summed E-state index contributed by atoms with van der Waals surface area (Å²) in [6.45, 7) is 0.558. The fraction of sp³-hybridized carbons (Fsp3) is 0.455. The third-order valence-corrected chi connectivity index (χ3v) is 3.97. The highest BCUT2D eigenvalue weighted by molar-refractivity contribution is 7.89. The molecular weight excluding hydrogens is 259 g/mol. The molecule has 18 heavy (non-hydrogen) atoms. The molecule has 5 nitrogen and oxygen atoms in total. The van der Waals surface area contributed by atoms with Gasteiger partial charge in [-0.1, -0.05) is 0 Å². The Morgan fingerprint density at radius 2 is 2.11 bits per heavy atom. The lowest BCUT2D eigenvalue weighted by molar-refractivity contribution is 0.0486. The second-order valence-electron chi connectivity index (χ2n) is 4.56. The van der Waals surface area contributed by atoms with Crippen molar-refractivity contribution >= 4 is 15.7 Å². The van der Waals surface area contributed by atoms with Crippen LogP contribution in [-0.4, -0.2) is 26.2 Å². The normalized spacial score (nSPS) is 23.5. The first kappa shape index (κ1) is 13.3. The molecule has 0 saturated heterocycles. The number of hydrogen-bond donors (Lipinski definition) is 3. The van der Waals surface area contributed by atoms with Crippen LogP contribution < -0.4 is 10.5 Å². The van der Waals surface area contributed by atoms with E-state index < -0.39 is 15.8 Å². The number of anilines is 1. The SMILES string of the molecule is NS(=O)(=O)c1ccc(NCC2CC(O)C2)c(F)c1. The van der Waals surface area contributed by atoms with Crippen molar-refractivity contribution in [1.29, 1.82) is 0 Å². The maximum atomic E-state index is 13.6. The van der Waals surface area contributed by atoms with Crippen LogP contribution in [0.25, 0.3) is 0 Å². The molecule has 1 saturated carbocycles. The van der Waals surface area contributed by atoms with E-state index in [1.54, 1.807) is 0 Å². The number of primary sulfonamides is 1. The lowest BCUT2D eigenvalue weighted by Crippen LogP contribution is -2.33. The van der Waals surface area contributed by atoms with Gasteiger partial charge in [0.1, 0.15) is 5.82 Å². The monoisotopic (exact) mass is 274 g/mol. The quantitative estimate of drug-likeness (QED) is 0.752. The maximum Gasteiger partial charge on any atom is 0.238 e. The number of halogens is 1. The van der Waals surface area contributed by atoms with Crippen LogP contribution in [0.1, 0.15) is 12.8 Å². The molecule has 1 aliphatic rings. The van der Waals surface area contributed by atoms with Gasteiger partial charge in [0.25, 0.3) is 0 Å². The lowest BCUT2D eigenvalue weighted by Gasteiger charge is -2.31. The average Bonchev–Trinajstić information content (AvgIpc) is 2.22. The zero-order valence-electron chi connectivity index (χ0n) is 9.64. The minimum absolute atomic E-state index is 0.240. The first-order chi connectivity index (χ1) is 8.36. The molecule has 0 aromatic heterocycles. The standard InChI is InChI=1S/C11H15FN2O3S/c12-10-5-9(18(13,16)17)1-2-11(10)14-6-7-3-8(15)4-7/h1-2,5,7-8,14-15H,3-4,6H2,(H2,13,16,17). The summed E-state index contributed by atoms with van der Waals surface area (Å²) >= 11 is 0. The first-order valence-corrected chi connectivity index (χ1v) is 7.15.